The van der Waals surface area contributed by atoms with Gasteiger partial charge in [-0.1, -0.05) is 0 Å². The van der Waals surface area contributed by atoms with Gasteiger partial charge in [-0.05, 0) is 32.1 Å². The summed E-state index contributed by atoms with van der Waals surface area (Å²) in [6, 6.07) is 3.99. The lowest BCUT2D eigenvalue weighted by Crippen LogP contribution is -2.23. The molecule has 5 N–H and O–H groups in total. The standard InChI is InChI=1S/C11H17N3O4/c1-13-5-4-10(15)11(16)8-3-2-7(12)6-9(8)14(17)18/h2-3,6,10-11,13,15-16H,4-5,12H2,1H3. The highest BCUT2D eigenvalue weighted by Crippen LogP contribution is 2.29. The lowest BCUT2D eigenvalue weighted by Gasteiger charge is -2.18. The number of nitrogens with zero attached hydrogens (tertiary/aromatic N) is 1. The van der Waals surface area contributed by atoms with Crippen molar-refractivity contribution in [3.8, 4) is 0 Å². The number of nitrogen functional groups attached to an aromatic ring is 1. The molecule has 0 saturated carbocycles. The van der Waals surface area contributed by atoms with E-state index in [1.807, 2.05) is 0 Å². The van der Waals surface area contributed by atoms with Gasteiger partial charge in [0.15, 0.2) is 0 Å². The van der Waals surface area contributed by atoms with Crippen molar-refractivity contribution >= 4 is 11.4 Å². The fraction of sp³-hybridized carbons (Fsp3) is 0.455. The molecule has 100 valence electrons. The Bertz CT molecular complexity index is 425. The number of hydrogen-bond donors (Lipinski definition) is 4. The minimum atomic E-state index is -1.31. The van der Waals surface area contributed by atoms with Gasteiger partial charge < -0.3 is 21.3 Å². The first-order valence-electron chi connectivity index (χ1n) is 5.52. The molecule has 7 heteroatoms. The van der Waals surface area contributed by atoms with E-state index >= 15 is 0 Å². The summed E-state index contributed by atoms with van der Waals surface area (Å²) >= 11 is 0. The Kier molecular flexibility index (Phi) is 5.02. The van der Waals surface area contributed by atoms with Gasteiger partial charge in [0, 0.05) is 11.8 Å². The maximum atomic E-state index is 10.9. The van der Waals surface area contributed by atoms with E-state index in [4.69, 9.17) is 5.73 Å². The summed E-state index contributed by atoms with van der Waals surface area (Å²) in [5, 5.41) is 33.3. The van der Waals surface area contributed by atoms with Crippen LogP contribution in [0.3, 0.4) is 0 Å². The van der Waals surface area contributed by atoms with Gasteiger partial charge in [-0.25, -0.2) is 0 Å². The number of nitro groups is 1. The van der Waals surface area contributed by atoms with Gasteiger partial charge in [0.05, 0.1) is 16.6 Å². The van der Waals surface area contributed by atoms with Crippen LogP contribution in [0.15, 0.2) is 18.2 Å². The number of aliphatic hydroxyl groups excluding tert-OH is 2. The summed E-state index contributed by atoms with van der Waals surface area (Å²) < 4.78 is 0. The summed E-state index contributed by atoms with van der Waals surface area (Å²) in [6.45, 7) is 0.501. The molecule has 0 aromatic heterocycles. The Labute approximate surface area is 104 Å². The molecule has 0 saturated heterocycles. The van der Waals surface area contributed by atoms with Crippen LogP contribution in [0.2, 0.25) is 0 Å². The molecule has 7 nitrogen and oxygen atoms in total. The molecule has 18 heavy (non-hydrogen) atoms. The Hall–Kier alpha value is -1.70. The fourth-order valence-corrected chi connectivity index (χ4v) is 1.63. The third-order valence-electron chi connectivity index (χ3n) is 2.62. The number of aliphatic hydroxyl groups is 2. The summed E-state index contributed by atoms with van der Waals surface area (Å²) in [7, 11) is 1.71. The highest BCUT2D eigenvalue weighted by Gasteiger charge is 2.26. The van der Waals surface area contributed by atoms with E-state index in [-0.39, 0.29) is 16.9 Å². The zero-order valence-electron chi connectivity index (χ0n) is 10.0. The number of anilines is 1. The monoisotopic (exact) mass is 255 g/mol. The molecule has 2 unspecified atom stereocenters. The van der Waals surface area contributed by atoms with Gasteiger partial charge in [0.1, 0.15) is 6.10 Å². The lowest BCUT2D eigenvalue weighted by atomic mass is 10.00. The molecular formula is C11H17N3O4. The van der Waals surface area contributed by atoms with E-state index in [2.05, 4.69) is 5.32 Å². The Morgan fingerprint density at radius 2 is 2.17 bits per heavy atom. The van der Waals surface area contributed by atoms with Crippen molar-refractivity contribution < 1.29 is 15.1 Å². The topological polar surface area (TPSA) is 122 Å². The third kappa shape index (κ3) is 3.39. The largest absolute Gasteiger partial charge is 0.399 e. The number of nitrogens with two attached hydrogens (primary N) is 1. The van der Waals surface area contributed by atoms with Crippen LogP contribution < -0.4 is 11.1 Å². The molecule has 1 aromatic carbocycles. The van der Waals surface area contributed by atoms with Gasteiger partial charge in [-0.15, -0.1) is 0 Å². The second-order valence-corrected chi connectivity index (χ2v) is 3.98. The molecule has 0 bridgehead atoms. The van der Waals surface area contributed by atoms with Crippen LogP contribution in [0, 0.1) is 10.1 Å². The quantitative estimate of drug-likeness (QED) is 0.327. The fourth-order valence-electron chi connectivity index (χ4n) is 1.63. The number of hydrogen-bond acceptors (Lipinski definition) is 6. The molecule has 0 amide bonds. The lowest BCUT2D eigenvalue weighted by molar-refractivity contribution is -0.386. The smallest absolute Gasteiger partial charge is 0.277 e. The van der Waals surface area contributed by atoms with E-state index in [0.717, 1.165) is 0 Å². The molecule has 1 rings (SSSR count). The number of rotatable bonds is 6. The van der Waals surface area contributed by atoms with Crippen LogP contribution in [0.25, 0.3) is 0 Å². The van der Waals surface area contributed by atoms with Crippen molar-refractivity contribution in [3.05, 3.63) is 33.9 Å². The summed E-state index contributed by atoms with van der Waals surface area (Å²) in [5.41, 5.74) is 5.48. The van der Waals surface area contributed by atoms with Gasteiger partial charge in [0.25, 0.3) is 5.69 Å². The first kappa shape index (κ1) is 14.4. The van der Waals surface area contributed by atoms with Crippen molar-refractivity contribution in [1.29, 1.82) is 0 Å². The average Bonchev–Trinajstić information content (AvgIpc) is 2.34. The van der Waals surface area contributed by atoms with E-state index in [1.54, 1.807) is 7.05 Å². The maximum absolute atomic E-state index is 10.9. The van der Waals surface area contributed by atoms with E-state index < -0.39 is 17.1 Å². The second kappa shape index (κ2) is 6.29. The molecule has 0 spiro atoms. The van der Waals surface area contributed by atoms with Crippen molar-refractivity contribution in [2.75, 3.05) is 19.3 Å². The van der Waals surface area contributed by atoms with Crippen molar-refractivity contribution in [2.45, 2.75) is 18.6 Å². The SMILES string of the molecule is CNCCC(O)C(O)c1ccc(N)cc1[N+](=O)[O-]. The molecule has 0 radical (unpaired) electrons. The molecular weight excluding hydrogens is 238 g/mol. The Morgan fingerprint density at radius 1 is 1.50 bits per heavy atom. The normalized spacial score (nSPS) is 14.2. The Morgan fingerprint density at radius 3 is 2.72 bits per heavy atom. The van der Waals surface area contributed by atoms with Crippen molar-refractivity contribution in [3.63, 3.8) is 0 Å². The number of benzene rings is 1. The molecule has 0 aliphatic rings. The zero-order valence-corrected chi connectivity index (χ0v) is 10.0. The predicted molar refractivity (Wildman–Crippen MR) is 67.0 cm³/mol. The highest BCUT2D eigenvalue weighted by atomic mass is 16.6. The highest BCUT2D eigenvalue weighted by molar-refractivity contribution is 5.53. The first-order valence-corrected chi connectivity index (χ1v) is 5.52. The van der Waals surface area contributed by atoms with Gasteiger partial charge in [-0.3, -0.25) is 10.1 Å². The third-order valence-corrected chi connectivity index (χ3v) is 2.62. The van der Waals surface area contributed by atoms with Crippen molar-refractivity contribution in [2.24, 2.45) is 0 Å². The van der Waals surface area contributed by atoms with Crippen LogP contribution >= 0.6 is 0 Å². The minimum Gasteiger partial charge on any atom is -0.399 e. The molecule has 1 aromatic rings. The van der Waals surface area contributed by atoms with Crippen molar-refractivity contribution in [1.82, 2.24) is 5.32 Å². The summed E-state index contributed by atoms with van der Waals surface area (Å²) in [5.74, 6) is 0. The Balaban J connectivity index is 2.97. The molecule has 0 fully saturated rings. The molecule has 0 aliphatic carbocycles. The van der Waals surface area contributed by atoms with E-state index in [9.17, 15) is 20.3 Å². The van der Waals surface area contributed by atoms with Gasteiger partial charge in [-0.2, -0.15) is 0 Å². The van der Waals surface area contributed by atoms with Crippen LogP contribution in [0.4, 0.5) is 11.4 Å². The molecule has 0 heterocycles. The molecule has 2 atom stereocenters. The van der Waals surface area contributed by atoms with E-state index in [1.165, 1.54) is 18.2 Å². The summed E-state index contributed by atoms with van der Waals surface area (Å²) in [4.78, 5) is 10.2. The van der Waals surface area contributed by atoms with Crippen LogP contribution in [-0.4, -0.2) is 34.8 Å². The van der Waals surface area contributed by atoms with Gasteiger partial charge >= 0.3 is 0 Å². The van der Waals surface area contributed by atoms with E-state index in [0.29, 0.717) is 13.0 Å². The maximum Gasteiger partial charge on any atom is 0.277 e. The minimum absolute atomic E-state index is 0.0674. The first-order chi connectivity index (χ1) is 8.47. The average molecular weight is 255 g/mol. The zero-order chi connectivity index (χ0) is 13.7. The number of nitrogens with one attached hydrogen (secondary N) is 1. The molecule has 0 aliphatic heterocycles. The van der Waals surface area contributed by atoms with Gasteiger partial charge in [0.2, 0.25) is 0 Å². The van der Waals surface area contributed by atoms with Crippen LogP contribution in [0.1, 0.15) is 18.1 Å². The van der Waals surface area contributed by atoms with Crippen LogP contribution in [0.5, 0.6) is 0 Å². The second-order valence-electron chi connectivity index (χ2n) is 3.98. The predicted octanol–water partition coefficient (Wildman–Crippen LogP) is 0.181. The summed E-state index contributed by atoms with van der Waals surface area (Å²) in [6.07, 6.45) is -2.08. The van der Waals surface area contributed by atoms with Crippen LogP contribution in [-0.2, 0) is 0 Å². The number of nitro benzene ring substituents is 1.